The molecule has 2 aromatic rings. The van der Waals surface area contributed by atoms with E-state index in [1.54, 1.807) is 44.4 Å². The van der Waals surface area contributed by atoms with Gasteiger partial charge in [0.2, 0.25) is 5.91 Å². The summed E-state index contributed by atoms with van der Waals surface area (Å²) in [6, 6.07) is 13.4. The number of anilines is 1. The van der Waals surface area contributed by atoms with E-state index < -0.39 is 15.9 Å². The molecule has 0 aliphatic heterocycles. The van der Waals surface area contributed by atoms with Gasteiger partial charge in [-0.3, -0.25) is 9.10 Å². The van der Waals surface area contributed by atoms with Gasteiger partial charge in [-0.25, -0.2) is 8.42 Å². The van der Waals surface area contributed by atoms with Gasteiger partial charge in [0.15, 0.2) is 0 Å². The summed E-state index contributed by atoms with van der Waals surface area (Å²) in [5.41, 5.74) is 2.31. The Morgan fingerprint density at radius 2 is 1.70 bits per heavy atom. The predicted molar refractivity (Wildman–Crippen MR) is 106 cm³/mol. The van der Waals surface area contributed by atoms with Crippen LogP contribution in [0.5, 0.6) is 0 Å². The van der Waals surface area contributed by atoms with Crippen LogP contribution >= 0.6 is 0 Å². The summed E-state index contributed by atoms with van der Waals surface area (Å²) in [5, 5.41) is 2.76. The summed E-state index contributed by atoms with van der Waals surface area (Å²) in [5.74, 6) is -0.391. The van der Waals surface area contributed by atoms with Gasteiger partial charge in [-0.05, 0) is 56.2 Å². The Balaban J connectivity index is 2.41. The lowest BCUT2D eigenvalue weighted by molar-refractivity contribution is -0.120. The molecule has 0 saturated heterocycles. The predicted octanol–water partition coefficient (Wildman–Crippen LogP) is 2.65. The third kappa shape index (κ3) is 5.55. The highest BCUT2D eigenvalue weighted by atomic mass is 32.2. The molecule has 0 radical (unpaired) electrons. The van der Waals surface area contributed by atoms with Gasteiger partial charge in [-0.2, -0.15) is 0 Å². The zero-order chi connectivity index (χ0) is 20.0. The van der Waals surface area contributed by atoms with Gasteiger partial charge in [0, 0.05) is 13.2 Å². The van der Waals surface area contributed by atoms with Gasteiger partial charge in [0.1, 0.15) is 6.54 Å². The number of carbonyl (C=O) groups excluding carboxylic acids is 1. The number of rotatable bonds is 8. The number of sulfonamides is 1. The first-order valence-corrected chi connectivity index (χ1v) is 10.1. The molecular formula is C20H26N2O4S. The van der Waals surface area contributed by atoms with Crippen LogP contribution in [-0.4, -0.2) is 40.6 Å². The number of hydrogen-bond donors (Lipinski definition) is 1. The number of benzene rings is 2. The Morgan fingerprint density at radius 3 is 2.26 bits per heavy atom. The van der Waals surface area contributed by atoms with Gasteiger partial charge >= 0.3 is 0 Å². The van der Waals surface area contributed by atoms with Crippen molar-refractivity contribution in [3.8, 4) is 0 Å². The standard InChI is InChI=1S/C20H26N2O4S/c1-15-10-16(2)12-18(11-15)22(13-20(23)21-17(3)14-26-4)27(24,25)19-8-6-5-7-9-19/h5-12,17H,13-14H2,1-4H3,(H,21,23)/t17-/m1/s1. The van der Waals surface area contributed by atoms with E-state index in [-0.39, 0.29) is 17.5 Å². The van der Waals surface area contributed by atoms with Gasteiger partial charge < -0.3 is 10.1 Å². The number of amides is 1. The summed E-state index contributed by atoms with van der Waals surface area (Å²) in [6.07, 6.45) is 0. The van der Waals surface area contributed by atoms with Gasteiger partial charge in [-0.1, -0.05) is 24.3 Å². The zero-order valence-corrected chi connectivity index (χ0v) is 16.9. The number of nitrogens with one attached hydrogen (secondary N) is 1. The second kappa shape index (κ2) is 9.01. The fourth-order valence-electron chi connectivity index (χ4n) is 2.87. The molecule has 1 atom stereocenters. The van der Waals surface area contributed by atoms with Crippen molar-refractivity contribution in [2.24, 2.45) is 0 Å². The summed E-state index contributed by atoms with van der Waals surface area (Å²) < 4.78 is 32.6. The average molecular weight is 391 g/mol. The van der Waals surface area contributed by atoms with Crippen molar-refractivity contribution in [3.63, 3.8) is 0 Å². The van der Waals surface area contributed by atoms with E-state index in [4.69, 9.17) is 4.74 Å². The van der Waals surface area contributed by atoms with E-state index in [1.807, 2.05) is 19.9 Å². The smallest absolute Gasteiger partial charge is 0.264 e. The molecule has 0 aliphatic rings. The van der Waals surface area contributed by atoms with Crippen LogP contribution in [0, 0.1) is 13.8 Å². The average Bonchev–Trinajstić information content (AvgIpc) is 2.59. The highest BCUT2D eigenvalue weighted by Gasteiger charge is 2.27. The summed E-state index contributed by atoms with van der Waals surface area (Å²) in [7, 11) is -2.34. The minimum atomic E-state index is -3.89. The second-order valence-corrected chi connectivity index (χ2v) is 8.46. The van der Waals surface area contributed by atoms with Crippen LogP contribution in [0.1, 0.15) is 18.1 Å². The van der Waals surface area contributed by atoms with Crippen LogP contribution in [-0.2, 0) is 19.6 Å². The normalized spacial score (nSPS) is 12.4. The van der Waals surface area contributed by atoms with Crippen molar-refractivity contribution in [1.29, 1.82) is 0 Å². The highest BCUT2D eigenvalue weighted by Crippen LogP contribution is 2.25. The van der Waals surface area contributed by atoms with Crippen LogP contribution in [0.15, 0.2) is 53.4 Å². The number of ether oxygens (including phenoxy) is 1. The van der Waals surface area contributed by atoms with Gasteiger partial charge in [-0.15, -0.1) is 0 Å². The summed E-state index contributed by atoms with van der Waals surface area (Å²) >= 11 is 0. The topological polar surface area (TPSA) is 75.7 Å². The molecule has 146 valence electrons. The fraction of sp³-hybridized carbons (Fsp3) is 0.350. The van der Waals surface area contributed by atoms with Crippen molar-refractivity contribution < 1.29 is 17.9 Å². The second-order valence-electron chi connectivity index (χ2n) is 6.59. The lowest BCUT2D eigenvalue weighted by Crippen LogP contribution is -2.44. The largest absolute Gasteiger partial charge is 0.383 e. The van der Waals surface area contributed by atoms with Crippen LogP contribution in [0.3, 0.4) is 0 Å². The number of methoxy groups -OCH3 is 1. The van der Waals surface area contributed by atoms with Crippen LogP contribution in [0.25, 0.3) is 0 Å². The van der Waals surface area contributed by atoms with Crippen molar-refractivity contribution in [2.75, 3.05) is 24.6 Å². The molecule has 0 fully saturated rings. The first kappa shape index (κ1) is 20.9. The number of hydrogen-bond acceptors (Lipinski definition) is 4. The van der Waals surface area contributed by atoms with E-state index in [2.05, 4.69) is 5.32 Å². The summed E-state index contributed by atoms with van der Waals surface area (Å²) in [6.45, 7) is 5.62. The molecule has 2 aromatic carbocycles. The molecule has 27 heavy (non-hydrogen) atoms. The minimum Gasteiger partial charge on any atom is -0.383 e. The maximum Gasteiger partial charge on any atom is 0.264 e. The number of nitrogens with zero attached hydrogens (tertiary/aromatic N) is 1. The Labute approximate surface area is 161 Å². The molecule has 7 heteroatoms. The lowest BCUT2D eigenvalue weighted by Gasteiger charge is -2.25. The molecule has 0 unspecified atom stereocenters. The molecular weight excluding hydrogens is 364 g/mol. The maximum absolute atomic E-state index is 13.2. The molecule has 1 amide bonds. The molecule has 0 aromatic heterocycles. The van der Waals surface area contributed by atoms with Crippen molar-refractivity contribution in [2.45, 2.75) is 31.7 Å². The number of carbonyl (C=O) groups is 1. The molecule has 0 saturated carbocycles. The third-order valence-electron chi connectivity index (χ3n) is 3.94. The third-order valence-corrected chi connectivity index (χ3v) is 5.72. The monoisotopic (exact) mass is 390 g/mol. The Hall–Kier alpha value is -2.38. The van der Waals surface area contributed by atoms with Gasteiger partial charge in [0.25, 0.3) is 10.0 Å². The molecule has 0 heterocycles. The Morgan fingerprint density at radius 1 is 1.11 bits per heavy atom. The molecule has 1 N–H and O–H groups in total. The summed E-state index contributed by atoms with van der Waals surface area (Å²) in [4.78, 5) is 12.6. The molecule has 6 nitrogen and oxygen atoms in total. The molecule has 2 rings (SSSR count). The van der Waals surface area contributed by atoms with E-state index in [9.17, 15) is 13.2 Å². The minimum absolute atomic E-state index is 0.141. The quantitative estimate of drug-likeness (QED) is 0.752. The van der Waals surface area contributed by atoms with Gasteiger partial charge in [0.05, 0.1) is 17.2 Å². The SMILES string of the molecule is COC[C@@H](C)NC(=O)CN(c1cc(C)cc(C)c1)S(=O)(=O)c1ccccc1. The Kier molecular flexibility index (Phi) is 6.98. The zero-order valence-electron chi connectivity index (χ0n) is 16.1. The molecule has 0 spiro atoms. The fourth-order valence-corrected chi connectivity index (χ4v) is 4.30. The van der Waals surface area contributed by atoms with E-state index in [0.717, 1.165) is 15.4 Å². The molecule has 0 aliphatic carbocycles. The van der Waals surface area contributed by atoms with Crippen LogP contribution < -0.4 is 9.62 Å². The first-order valence-electron chi connectivity index (χ1n) is 8.68. The van der Waals surface area contributed by atoms with Crippen molar-refractivity contribution in [1.82, 2.24) is 5.32 Å². The maximum atomic E-state index is 13.2. The van der Waals surface area contributed by atoms with E-state index in [1.165, 1.54) is 12.1 Å². The number of aryl methyl sites for hydroxylation is 2. The first-order chi connectivity index (χ1) is 12.7. The van der Waals surface area contributed by atoms with Crippen molar-refractivity contribution >= 4 is 21.6 Å². The van der Waals surface area contributed by atoms with Crippen LogP contribution in [0.2, 0.25) is 0 Å². The van der Waals surface area contributed by atoms with E-state index >= 15 is 0 Å². The Bertz CT molecular complexity index is 862. The van der Waals surface area contributed by atoms with Crippen molar-refractivity contribution in [3.05, 3.63) is 59.7 Å². The van der Waals surface area contributed by atoms with E-state index in [0.29, 0.717) is 12.3 Å². The highest BCUT2D eigenvalue weighted by molar-refractivity contribution is 7.92. The lowest BCUT2D eigenvalue weighted by atomic mass is 10.1. The van der Waals surface area contributed by atoms with Crippen LogP contribution in [0.4, 0.5) is 5.69 Å². The molecule has 0 bridgehead atoms.